The van der Waals surface area contributed by atoms with Crippen molar-refractivity contribution in [2.75, 3.05) is 13.1 Å². The maximum Gasteiger partial charge on any atom is 0.310 e. The zero-order valence-electron chi connectivity index (χ0n) is 29.0. The van der Waals surface area contributed by atoms with Gasteiger partial charge in [0.25, 0.3) is 5.91 Å². The number of carboxylic acids is 1. The number of likely N-dealkylation sites (tertiary alicyclic amines) is 1. The van der Waals surface area contributed by atoms with Crippen LogP contribution in [0.3, 0.4) is 0 Å². The van der Waals surface area contributed by atoms with Gasteiger partial charge in [0.15, 0.2) is 5.82 Å². The molecule has 0 bridgehead atoms. The molecule has 49 heavy (non-hydrogen) atoms. The Balaban J connectivity index is 1.12. The zero-order valence-corrected chi connectivity index (χ0v) is 29.8. The summed E-state index contributed by atoms with van der Waals surface area (Å²) in [6.07, 6.45) is 9.00. The van der Waals surface area contributed by atoms with Crippen LogP contribution >= 0.6 is 11.3 Å². The summed E-state index contributed by atoms with van der Waals surface area (Å²) >= 11 is 1.42. The molecule has 1 atom stereocenters. The van der Waals surface area contributed by atoms with Crippen LogP contribution in [-0.4, -0.2) is 56.9 Å². The number of aromatic nitrogens is 2. The Morgan fingerprint density at radius 2 is 1.51 bits per heavy atom. The molecule has 256 valence electrons. The molecule has 0 spiro atoms. The fourth-order valence-electron chi connectivity index (χ4n) is 6.66. The number of carboxylic acid groups (broad SMARTS) is 1. The van der Waals surface area contributed by atoms with E-state index in [2.05, 4.69) is 74.2 Å². The highest BCUT2D eigenvalue weighted by Gasteiger charge is 2.39. The number of amides is 2. The minimum absolute atomic E-state index is 0.0918. The van der Waals surface area contributed by atoms with Crippen LogP contribution in [0, 0.1) is 11.3 Å². The van der Waals surface area contributed by atoms with Gasteiger partial charge in [0.1, 0.15) is 6.04 Å². The van der Waals surface area contributed by atoms with Gasteiger partial charge in [-0.2, -0.15) is 0 Å². The normalized spacial score (nSPS) is 17.3. The maximum absolute atomic E-state index is 13.5. The summed E-state index contributed by atoms with van der Waals surface area (Å²) in [5, 5.41) is 12.3. The quantitative estimate of drug-likeness (QED) is 0.187. The fourth-order valence-corrected chi connectivity index (χ4v) is 7.63. The van der Waals surface area contributed by atoms with Gasteiger partial charge < -0.3 is 15.3 Å². The number of nitrogens with one attached hydrogen (secondary N) is 1. The van der Waals surface area contributed by atoms with Gasteiger partial charge in [-0.3, -0.25) is 14.4 Å². The predicted octanol–water partition coefficient (Wildman–Crippen LogP) is 7.74. The van der Waals surface area contributed by atoms with Gasteiger partial charge >= 0.3 is 5.97 Å². The lowest BCUT2D eigenvalue weighted by atomic mass is 9.71. The number of nitrogens with zero attached hydrogens (tertiary/aromatic N) is 3. The molecule has 2 fully saturated rings. The van der Waals surface area contributed by atoms with Crippen molar-refractivity contribution < 1.29 is 19.5 Å². The first-order valence-electron chi connectivity index (χ1n) is 17.2. The summed E-state index contributed by atoms with van der Waals surface area (Å²) in [6, 6.07) is 19.4. The van der Waals surface area contributed by atoms with Crippen LogP contribution in [0.5, 0.6) is 0 Å². The van der Waals surface area contributed by atoms with E-state index < -0.39 is 17.9 Å². The van der Waals surface area contributed by atoms with Gasteiger partial charge in [-0.25, -0.2) is 9.97 Å². The second kappa shape index (κ2) is 13.9. The van der Waals surface area contributed by atoms with Crippen LogP contribution < -0.4 is 5.32 Å². The summed E-state index contributed by atoms with van der Waals surface area (Å²) in [6.45, 7) is 11.3. The smallest absolute Gasteiger partial charge is 0.310 e. The molecule has 9 heteroatoms. The van der Waals surface area contributed by atoms with E-state index in [0.29, 0.717) is 22.0 Å². The maximum atomic E-state index is 13.5. The van der Waals surface area contributed by atoms with Crippen LogP contribution in [0.15, 0.2) is 73.1 Å². The average molecular weight is 679 g/mol. The first-order chi connectivity index (χ1) is 23.3. The van der Waals surface area contributed by atoms with Gasteiger partial charge in [0.2, 0.25) is 5.91 Å². The Kier molecular flexibility index (Phi) is 9.76. The van der Waals surface area contributed by atoms with Crippen LogP contribution in [0.25, 0.3) is 22.5 Å². The second-order valence-electron chi connectivity index (χ2n) is 15.5. The van der Waals surface area contributed by atoms with Crippen LogP contribution in [0.4, 0.5) is 0 Å². The van der Waals surface area contributed by atoms with E-state index in [1.54, 1.807) is 6.07 Å². The standard InChI is InChI=1S/C40H46N4O4S/c1-39(2,3)34-15-14-33(49-34)36(45)43-32(37(46)44-23-31(24-44)38(47)48)20-25-6-8-29(9-7-25)35-41-21-30(22-42-35)27-12-10-26(11-13-27)28-16-18-40(4,5)19-17-28/h6-15,21-22,28,31-32H,16-20,23-24H2,1-5H3,(H,43,45)(H,47,48)/t32-/m0/s1. The minimum Gasteiger partial charge on any atom is -0.481 e. The largest absolute Gasteiger partial charge is 0.481 e. The molecule has 2 aromatic carbocycles. The van der Waals surface area contributed by atoms with Crippen molar-refractivity contribution in [1.82, 2.24) is 20.2 Å². The van der Waals surface area contributed by atoms with E-state index in [9.17, 15) is 19.5 Å². The van der Waals surface area contributed by atoms with Crippen molar-refractivity contribution in [3.05, 3.63) is 93.9 Å². The van der Waals surface area contributed by atoms with E-state index in [-0.39, 0.29) is 36.7 Å². The average Bonchev–Trinajstić information content (AvgIpc) is 3.56. The number of carbonyl (C=O) groups excluding carboxylic acids is 2. The Hall–Kier alpha value is -4.37. The van der Waals surface area contributed by atoms with Gasteiger partial charge in [-0.05, 0) is 71.3 Å². The summed E-state index contributed by atoms with van der Waals surface area (Å²) in [5.41, 5.74) is 5.54. The summed E-state index contributed by atoms with van der Waals surface area (Å²) in [4.78, 5) is 50.6. The number of thiophene rings is 1. The Morgan fingerprint density at radius 1 is 0.898 bits per heavy atom. The van der Waals surface area contributed by atoms with Gasteiger partial charge in [-0.15, -0.1) is 11.3 Å². The lowest BCUT2D eigenvalue weighted by Crippen LogP contribution is -2.59. The Bertz CT molecular complexity index is 1790. The zero-order chi connectivity index (χ0) is 34.9. The van der Waals surface area contributed by atoms with Crippen molar-refractivity contribution in [2.45, 2.75) is 84.1 Å². The molecular weight excluding hydrogens is 633 g/mol. The third-order valence-corrected chi connectivity index (χ3v) is 11.6. The number of aliphatic carboxylic acids is 1. The lowest BCUT2D eigenvalue weighted by Gasteiger charge is -2.38. The lowest BCUT2D eigenvalue weighted by molar-refractivity contribution is -0.153. The topological polar surface area (TPSA) is 112 Å². The van der Waals surface area contributed by atoms with Crippen LogP contribution in [0.1, 0.15) is 91.9 Å². The minimum atomic E-state index is -0.916. The molecule has 1 saturated carbocycles. The molecule has 2 aromatic heterocycles. The molecular formula is C40H46N4O4S. The molecule has 0 radical (unpaired) electrons. The molecule has 2 N–H and O–H groups in total. The van der Waals surface area contributed by atoms with Crippen molar-refractivity contribution in [2.24, 2.45) is 11.3 Å². The molecule has 0 unspecified atom stereocenters. The van der Waals surface area contributed by atoms with E-state index in [0.717, 1.165) is 27.1 Å². The first-order valence-corrected chi connectivity index (χ1v) is 18.0. The summed E-state index contributed by atoms with van der Waals surface area (Å²) < 4.78 is 0. The second-order valence-corrected chi connectivity index (χ2v) is 16.6. The van der Waals surface area contributed by atoms with E-state index in [4.69, 9.17) is 0 Å². The fraction of sp³-hybridized carbons (Fsp3) is 0.425. The van der Waals surface area contributed by atoms with Crippen LogP contribution in [0.2, 0.25) is 0 Å². The monoisotopic (exact) mass is 678 g/mol. The highest BCUT2D eigenvalue weighted by Crippen LogP contribution is 2.42. The van der Waals surface area contributed by atoms with Gasteiger partial charge in [0.05, 0.1) is 10.8 Å². The molecule has 1 aliphatic carbocycles. The van der Waals surface area contributed by atoms with Gasteiger partial charge in [0, 0.05) is 47.9 Å². The molecule has 8 nitrogen and oxygen atoms in total. The molecule has 1 aliphatic heterocycles. The van der Waals surface area contributed by atoms with Crippen molar-refractivity contribution in [3.8, 4) is 22.5 Å². The number of hydrogen-bond donors (Lipinski definition) is 2. The SMILES string of the molecule is CC1(C)CCC(c2ccc(-c3cnc(-c4ccc(C[C@H](NC(=O)c5ccc(C(C)(C)C)s5)C(=O)N5CC(C(=O)O)C5)cc4)nc3)cc2)CC1. The number of rotatable bonds is 9. The first kappa shape index (κ1) is 34.5. The van der Waals surface area contributed by atoms with Gasteiger partial charge in [-0.1, -0.05) is 83.1 Å². The predicted molar refractivity (Wildman–Crippen MR) is 194 cm³/mol. The molecule has 4 aromatic rings. The van der Waals surface area contributed by atoms with Crippen molar-refractivity contribution in [1.29, 1.82) is 0 Å². The summed E-state index contributed by atoms with van der Waals surface area (Å²) in [7, 11) is 0. The van der Waals surface area contributed by atoms with Crippen molar-refractivity contribution >= 4 is 29.1 Å². The number of hydrogen-bond acceptors (Lipinski definition) is 6. The highest BCUT2D eigenvalue weighted by molar-refractivity contribution is 7.14. The van der Waals surface area contributed by atoms with Crippen molar-refractivity contribution in [3.63, 3.8) is 0 Å². The Labute approximate surface area is 293 Å². The van der Waals surface area contributed by atoms with E-state index in [1.165, 1.54) is 47.5 Å². The molecule has 2 amide bonds. The third-order valence-electron chi connectivity index (χ3n) is 10.1. The van der Waals surface area contributed by atoms with E-state index in [1.807, 2.05) is 42.7 Å². The molecule has 3 heterocycles. The Morgan fingerprint density at radius 3 is 2.08 bits per heavy atom. The van der Waals surface area contributed by atoms with Crippen LogP contribution in [-0.2, 0) is 21.4 Å². The molecule has 1 saturated heterocycles. The van der Waals surface area contributed by atoms with E-state index >= 15 is 0 Å². The summed E-state index contributed by atoms with van der Waals surface area (Å²) in [5.74, 6) is -0.850. The third kappa shape index (κ3) is 8.10. The highest BCUT2D eigenvalue weighted by atomic mass is 32.1. The number of benzene rings is 2. The number of carbonyl (C=O) groups is 3. The molecule has 6 rings (SSSR count). The molecule has 2 aliphatic rings.